The number of carbonyl (C=O) groups excluding carboxylic acids is 1. The Balaban J connectivity index is 3.17. The van der Waals surface area contributed by atoms with Gasteiger partial charge in [0, 0.05) is 0 Å². The molecule has 0 N–H and O–H groups in total. The number of rotatable bonds is 16. The van der Waals surface area contributed by atoms with Crippen molar-refractivity contribution in [2.75, 3.05) is 13.2 Å². The van der Waals surface area contributed by atoms with E-state index in [9.17, 15) is 4.79 Å². The highest BCUT2D eigenvalue weighted by atomic mass is 16.7. The molecule has 0 spiro atoms. The summed E-state index contributed by atoms with van der Waals surface area (Å²) < 4.78 is 9.98. The SMILES string of the molecule is CCCCCC/C=C/CCCCCCCCOC(=O)OCC(C)C. The van der Waals surface area contributed by atoms with Gasteiger partial charge < -0.3 is 9.47 Å². The van der Waals surface area contributed by atoms with Crippen LogP contribution >= 0.6 is 0 Å². The Morgan fingerprint density at radius 1 is 0.792 bits per heavy atom. The molecule has 0 aromatic heterocycles. The number of ether oxygens (including phenoxy) is 2. The molecule has 0 heterocycles. The van der Waals surface area contributed by atoms with Crippen LogP contribution in [-0.2, 0) is 9.47 Å². The normalized spacial score (nSPS) is 11.3. The molecule has 3 nitrogen and oxygen atoms in total. The van der Waals surface area contributed by atoms with Crippen molar-refractivity contribution in [1.29, 1.82) is 0 Å². The Morgan fingerprint density at radius 2 is 1.33 bits per heavy atom. The minimum Gasteiger partial charge on any atom is -0.434 e. The van der Waals surface area contributed by atoms with Crippen molar-refractivity contribution in [3.05, 3.63) is 12.2 Å². The van der Waals surface area contributed by atoms with Crippen LogP contribution in [0.5, 0.6) is 0 Å². The average Bonchev–Trinajstić information content (AvgIpc) is 2.56. The van der Waals surface area contributed by atoms with E-state index in [-0.39, 0.29) is 0 Å². The van der Waals surface area contributed by atoms with E-state index in [2.05, 4.69) is 19.1 Å². The number of allylic oxidation sites excluding steroid dienone is 2. The van der Waals surface area contributed by atoms with Gasteiger partial charge in [-0.25, -0.2) is 4.79 Å². The lowest BCUT2D eigenvalue weighted by atomic mass is 10.1. The molecule has 0 fully saturated rings. The van der Waals surface area contributed by atoms with E-state index in [1.54, 1.807) is 0 Å². The molecule has 0 rings (SSSR count). The molecular weight excluding hydrogens is 300 g/mol. The Kier molecular flexibility index (Phi) is 17.6. The Bertz CT molecular complexity index is 297. The monoisotopic (exact) mass is 340 g/mol. The van der Waals surface area contributed by atoms with Gasteiger partial charge in [0.15, 0.2) is 0 Å². The highest BCUT2D eigenvalue weighted by molar-refractivity contribution is 5.59. The molecule has 0 radical (unpaired) electrons. The predicted molar refractivity (Wildman–Crippen MR) is 102 cm³/mol. The molecule has 3 heteroatoms. The van der Waals surface area contributed by atoms with Crippen molar-refractivity contribution in [2.45, 2.75) is 97.8 Å². The molecule has 0 atom stereocenters. The molecule has 0 aliphatic carbocycles. The first-order valence-corrected chi connectivity index (χ1v) is 10.1. The summed E-state index contributed by atoms with van der Waals surface area (Å²) >= 11 is 0. The summed E-state index contributed by atoms with van der Waals surface area (Å²) in [5.41, 5.74) is 0. The molecule has 0 aliphatic rings. The first-order valence-electron chi connectivity index (χ1n) is 10.1. The lowest BCUT2D eigenvalue weighted by Gasteiger charge is -2.07. The van der Waals surface area contributed by atoms with Crippen molar-refractivity contribution in [2.24, 2.45) is 5.92 Å². The maximum absolute atomic E-state index is 11.2. The third kappa shape index (κ3) is 19.1. The second kappa shape index (κ2) is 18.4. The zero-order chi connectivity index (χ0) is 17.9. The molecule has 0 aromatic rings. The fourth-order valence-corrected chi connectivity index (χ4v) is 2.43. The van der Waals surface area contributed by atoms with Gasteiger partial charge in [-0.05, 0) is 38.0 Å². The maximum Gasteiger partial charge on any atom is 0.508 e. The van der Waals surface area contributed by atoms with Crippen LogP contribution in [0.2, 0.25) is 0 Å². The lowest BCUT2D eigenvalue weighted by Crippen LogP contribution is -2.12. The van der Waals surface area contributed by atoms with Crippen molar-refractivity contribution in [3.63, 3.8) is 0 Å². The van der Waals surface area contributed by atoms with Gasteiger partial charge in [0.2, 0.25) is 0 Å². The quantitative estimate of drug-likeness (QED) is 0.171. The van der Waals surface area contributed by atoms with Crippen LogP contribution in [-0.4, -0.2) is 19.4 Å². The minimum absolute atomic E-state index is 0.355. The topological polar surface area (TPSA) is 35.5 Å². The molecule has 0 aromatic carbocycles. The van der Waals surface area contributed by atoms with Gasteiger partial charge in [-0.15, -0.1) is 0 Å². The minimum atomic E-state index is -0.523. The molecule has 0 amide bonds. The van der Waals surface area contributed by atoms with Crippen molar-refractivity contribution in [1.82, 2.24) is 0 Å². The van der Waals surface area contributed by atoms with E-state index >= 15 is 0 Å². The van der Waals surface area contributed by atoms with Gasteiger partial charge in [0.1, 0.15) is 0 Å². The Labute approximate surface area is 150 Å². The second-order valence-corrected chi connectivity index (χ2v) is 7.03. The highest BCUT2D eigenvalue weighted by Gasteiger charge is 2.04. The summed E-state index contributed by atoms with van der Waals surface area (Å²) in [5, 5.41) is 0. The van der Waals surface area contributed by atoms with Crippen LogP contribution in [0.3, 0.4) is 0 Å². The van der Waals surface area contributed by atoms with E-state index in [4.69, 9.17) is 9.47 Å². The second-order valence-electron chi connectivity index (χ2n) is 7.03. The summed E-state index contributed by atoms with van der Waals surface area (Å²) in [5.74, 6) is 0.355. The van der Waals surface area contributed by atoms with Gasteiger partial charge >= 0.3 is 6.16 Å². The average molecular weight is 341 g/mol. The molecule has 0 aliphatic heterocycles. The van der Waals surface area contributed by atoms with Gasteiger partial charge in [-0.1, -0.05) is 77.9 Å². The lowest BCUT2D eigenvalue weighted by molar-refractivity contribution is 0.0465. The number of hydrogen-bond donors (Lipinski definition) is 0. The van der Waals surface area contributed by atoms with Crippen LogP contribution in [0.15, 0.2) is 12.2 Å². The predicted octanol–water partition coefficient (Wildman–Crippen LogP) is 7.05. The molecule has 142 valence electrons. The van der Waals surface area contributed by atoms with E-state index in [1.165, 1.54) is 64.2 Å². The third-order valence-corrected chi connectivity index (χ3v) is 3.91. The number of unbranched alkanes of at least 4 members (excludes halogenated alkanes) is 10. The van der Waals surface area contributed by atoms with Crippen molar-refractivity contribution in [3.8, 4) is 0 Å². The molecule has 0 saturated carbocycles. The van der Waals surface area contributed by atoms with E-state index in [0.717, 1.165) is 12.8 Å². The Morgan fingerprint density at radius 3 is 1.92 bits per heavy atom. The van der Waals surface area contributed by atoms with Gasteiger partial charge in [0.25, 0.3) is 0 Å². The molecular formula is C21H40O3. The first-order chi connectivity index (χ1) is 11.7. The van der Waals surface area contributed by atoms with Crippen LogP contribution < -0.4 is 0 Å². The summed E-state index contributed by atoms with van der Waals surface area (Å²) in [6.07, 6.45) is 19.2. The summed E-state index contributed by atoms with van der Waals surface area (Å²) in [7, 11) is 0. The standard InChI is InChI=1S/C21H40O3/c1-4-5-6-7-8-9-10-11-12-13-14-15-16-17-18-23-21(22)24-19-20(2)3/h9-10,20H,4-8,11-19H2,1-3H3/b10-9+. The van der Waals surface area contributed by atoms with Gasteiger partial charge in [-0.3, -0.25) is 0 Å². The first kappa shape index (κ1) is 23.0. The van der Waals surface area contributed by atoms with Gasteiger partial charge in [-0.2, -0.15) is 0 Å². The van der Waals surface area contributed by atoms with Crippen LogP contribution in [0.1, 0.15) is 97.8 Å². The van der Waals surface area contributed by atoms with Crippen molar-refractivity contribution < 1.29 is 14.3 Å². The Hall–Kier alpha value is -0.990. The fraction of sp³-hybridized carbons (Fsp3) is 0.857. The molecule has 24 heavy (non-hydrogen) atoms. The summed E-state index contributed by atoms with van der Waals surface area (Å²) in [6.45, 7) is 7.20. The van der Waals surface area contributed by atoms with E-state index < -0.39 is 6.16 Å². The largest absolute Gasteiger partial charge is 0.508 e. The fourth-order valence-electron chi connectivity index (χ4n) is 2.43. The third-order valence-electron chi connectivity index (χ3n) is 3.91. The van der Waals surface area contributed by atoms with Crippen molar-refractivity contribution >= 4 is 6.16 Å². The van der Waals surface area contributed by atoms with Crippen LogP contribution in [0.4, 0.5) is 4.79 Å². The number of carbonyl (C=O) groups is 1. The van der Waals surface area contributed by atoms with Gasteiger partial charge in [0.05, 0.1) is 13.2 Å². The number of hydrogen-bond acceptors (Lipinski definition) is 3. The molecule has 0 unspecified atom stereocenters. The zero-order valence-corrected chi connectivity index (χ0v) is 16.4. The highest BCUT2D eigenvalue weighted by Crippen LogP contribution is 2.09. The van der Waals surface area contributed by atoms with Crippen LogP contribution in [0.25, 0.3) is 0 Å². The van der Waals surface area contributed by atoms with E-state index in [0.29, 0.717) is 19.1 Å². The summed E-state index contributed by atoms with van der Waals surface area (Å²) in [6, 6.07) is 0. The zero-order valence-electron chi connectivity index (χ0n) is 16.4. The van der Waals surface area contributed by atoms with Crippen LogP contribution in [0, 0.1) is 5.92 Å². The smallest absolute Gasteiger partial charge is 0.434 e. The van der Waals surface area contributed by atoms with E-state index in [1.807, 2.05) is 13.8 Å². The molecule has 0 bridgehead atoms. The maximum atomic E-state index is 11.2. The summed E-state index contributed by atoms with van der Waals surface area (Å²) in [4.78, 5) is 11.2. The molecule has 0 saturated heterocycles.